The highest BCUT2D eigenvalue weighted by Crippen LogP contribution is 2.23. The largest absolute Gasteiger partial charge is 0.478 e. The Hall–Kier alpha value is -1.88. The van der Waals surface area contributed by atoms with Gasteiger partial charge in [0.15, 0.2) is 0 Å². The van der Waals surface area contributed by atoms with E-state index in [4.69, 9.17) is 5.11 Å². The lowest BCUT2D eigenvalue weighted by atomic mass is 10.1. The van der Waals surface area contributed by atoms with Crippen LogP contribution in [0.3, 0.4) is 0 Å². The van der Waals surface area contributed by atoms with Crippen LogP contribution in [-0.4, -0.2) is 31.8 Å². The van der Waals surface area contributed by atoms with Crippen molar-refractivity contribution in [2.24, 2.45) is 0 Å². The van der Waals surface area contributed by atoms with Crippen LogP contribution in [0, 0.1) is 0 Å². The lowest BCUT2D eigenvalue weighted by Crippen LogP contribution is -2.12. The van der Waals surface area contributed by atoms with Crippen LogP contribution in [0.2, 0.25) is 0 Å². The predicted molar refractivity (Wildman–Crippen MR) is 81.7 cm³/mol. The number of aliphatic hydroxyl groups is 1. The molecule has 2 aromatic rings. The summed E-state index contributed by atoms with van der Waals surface area (Å²) in [6.45, 7) is 6.77. The average molecular weight is 290 g/mol. The lowest BCUT2D eigenvalue weighted by molar-refractivity contribution is 0.0697. The third-order valence-corrected chi connectivity index (χ3v) is 3.70. The van der Waals surface area contributed by atoms with Gasteiger partial charge in [0.25, 0.3) is 0 Å². The molecule has 0 aliphatic carbocycles. The molecule has 0 spiro atoms. The molecule has 2 N–H and O–H groups in total. The Morgan fingerprint density at radius 3 is 2.67 bits per heavy atom. The number of aromatic nitrogens is 2. The minimum absolute atomic E-state index is 0.240. The number of hydrogen-bond acceptors (Lipinski definition) is 3. The third kappa shape index (κ3) is 3.24. The summed E-state index contributed by atoms with van der Waals surface area (Å²) in [6, 6.07) is 5.01. The maximum absolute atomic E-state index is 11.1. The van der Waals surface area contributed by atoms with Gasteiger partial charge in [-0.3, -0.25) is 0 Å². The fourth-order valence-electron chi connectivity index (χ4n) is 2.44. The Labute approximate surface area is 124 Å². The highest BCUT2D eigenvalue weighted by atomic mass is 16.4. The first-order valence-corrected chi connectivity index (χ1v) is 7.35. The van der Waals surface area contributed by atoms with E-state index in [1.54, 1.807) is 18.2 Å². The number of carbonyl (C=O) groups is 1. The van der Waals surface area contributed by atoms with E-state index in [1.807, 2.05) is 6.92 Å². The van der Waals surface area contributed by atoms with E-state index >= 15 is 0 Å². The van der Waals surface area contributed by atoms with Gasteiger partial charge in [0.2, 0.25) is 0 Å². The second-order valence-corrected chi connectivity index (χ2v) is 5.64. The van der Waals surface area contributed by atoms with Gasteiger partial charge in [0, 0.05) is 12.5 Å². The molecule has 5 heteroatoms. The molecule has 5 nitrogen and oxygen atoms in total. The molecule has 0 saturated carbocycles. The van der Waals surface area contributed by atoms with Crippen LogP contribution in [-0.2, 0) is 6.54 Å². The zero-order chi connectivity index (χ0) is 15.6. The molecule has 0 aliphatic rings. The van der Waals surface area contributed by atoms with Crippen molar-refractivity contribution < 1.29 is 15.0 Å². The van der Waals surface area contributed by atoms with Crippen molar-refractivity contribution in [1.29, 1.82) is 0 Å². The molecule has 1 aromatic carbocycles. The molecule has 0 fully saturated rings. The number of carboxylic acid groups (broad SMARTS) is 1. The monoisotopic (exact) mass is 290 g/mol. The minimum Gasteiger partial charge on any atom is -0.478 e. The van der Waals surface area contributed by atoms with E-state index < -0.39 is 5.97 Å². The van der Waals surface area contributed by atoms with Crippen LogP contribution in [0.1, 0.15) is 55.7 Å². The SMILES string of the molecule is CCC(O)CCn1c(C(C)C)nc2cc(C(=O)O)ccc21. The summed E-state index contributed by atoms with van der Waals surface area (Å²) < 4.78 is 2.09. The average Bonchev–Trinajstić information content (AvgIpc) is 2.82. The molecule has 0 amide bonds. The maximum Gasteiger partial charge on any atom is 0.335 e. The Balaban J connectivity index is 2.45. The highest BCUT2D eigenvalue weighted by Gasteiger charge is 2.16. The number of carboxylic acids is 1. The van der Waals surface area contributed by atoms with Crippen molar-refractivity contribution in [2.75, 3.05) is 0 Å². The van der Waals surface area contributed by atoms with Gasteiger partial charge >= 0.3 is 5.97 Å². The lowest BCUT2D eigenvalue weighted by Gasteiger charge is -2.13. The molecule has 1 atom stereocenters. The number of imidazole rings is 1. The number of aromatic carboxylic acids is 1. The molecule has 2 rings (SSSR count). The molecule has 114 valence electrons. The van der Waals surface area contributed by atoms with Gasteiger partial charge in [-0.05, 0) is 31.0 Å². The topological polar surface area (TPSA) is 75.3 Å². The van der Waals surface area contributed by atoms with Crippen molar-refractivity contribution in [3.63, 3.8) is 0 Å². The van der Waals surface area contributed by atoms with Gasteiger partial charge in [0.05, 0.1) is 22.7 Å². The van der Waals surface area contributed by atoms with Crippen molar-refractivity contribution in [2.45, 2.75) is 52.2 Å². The summed E-state index contributed by atoms with van der Waals surface area (Å²) >= 11 is 0. The number of benzene rings is 1. The van der Waals surface area contributed by atoms with Gasteiger partial charge in [-0.2, -0.15) is 0 Å². The summed E-state index contributed by atoms with van der Waals surface area (Å²) in [5.74, 6) is 0.222. The summed E-state index contributed by atoms with van der Waals surface area (Å²) in [5, 5.41) is 18.8. The second-order valence-electron chi connectivity index (χ2n) is 5.64. The number of aryl methyl sites for hydroxylation is 1. The predicted octanol–water partition coefficient (Wildman–Crippen LogP) is 3.02. The van der Waals surface area contributed by atoms with Crippen LogP contribution >= 0.6 is 0 Å². The molecule has 0 saturated heterocycles. The van der Waals surface area contributed by atoms with Gasteiger partial charge in [-0.1, -0.05) is 20.8 Å². The summed E-state index contributed by atoms with van der Waals surface area (Å²) in [4.78, 5) is 15.6. The number of aliphatic hydroxyl groups excluding tert-OH is 1. The second kappa shape index (κ2) is 6.26. The molecule has 0 bridgehead atoms. The van der Waals surface area contributed by atoms with Crippen LogP contribution < -0.4 is 0 Å². The van der Waals surface area contributed by atoms with Gasteiger partial charge in [-0.25, -0.2) is 9.78 Å². The third-order valence-electron chi connectivity index (χ3n) is 3.70. The molecular weight excluding hydrogens is 268 g/mol. The van der Waals surface area contributed by atoms with Crippen molar-refractivity contribution in [3.8, 4) is 0 Å². The zero-order valence-corrected chi connectivity index (χ0v) is 12.7. The minimum atomic E-state index is -0.945. The van der Waals surface area contributed by atoms with Gasteiger partial charge in [0.1, 0.15) is 5.82 Å². The molecule has 0 aliphatic heterocycles. The molecule has 1 unspecified atom stereocenters. The van der Waals surface area contributed by atoms with E-state index in [2.05, 4.69) is 23.4 Å². The first-order valence-electron chi connectivity index (χ1n) is 7.35. The number of nitrogens with zero attached hydrogens (tertiary/aromatic N) is 2. The fraction of sp³-hybridized carbons (Fsp3) is 0.500. The molecule has 1 aromatic heterocycles. The Morgan fingerprint density at radius 2 is 2.10 bits per heavy atom. The van der Waals surface area contributed by atoms with Crippen molar-refractivity contribution in [1.82, 2.24) is 9.55 Å². The van der Waals surface area contributed by atoms with Crippen LogP contribution in [0.5, 0.6) is 0 Å². The quantitative estimate of drug-likeness (QED) is 0.857. The number of hydrogen-bond donors (Lipinski definition) is 2. The van der Waals surface area contributed by atoms with Gasteiger partial charge in [-0.15, -0.1) is 0 Å². The first-order chi connectivity index (χ1) is 9.93. The van der Waals surface area contributed by atoms with Crippen molar-refractivity contribution >= 4 is 17.0 Å². The van der Waals surface area contributed by atoms with Gasteiger partial charge < -0.3 is 14.8 Å². The number of rotatable bonds is 6. The summed E-state index contributed by atoms with van der Waals surface area (Å²) in [5.41, 5.74) is 1.87. The Morgan fingerprint density at radius 1 is 1.38 bits per heavy atom. The Bertz CT molecular complexity index is 646. The summed E-state index contributed by atoms with van der Waals surface area (Å²) in [7, 11) is 0. The molecule has 21 heavy (non-hydrogen) atoms. The standard InChI is InChI=1S/C16H22N2O3/c1-4-12(19)7-8-18-14-6-5-11(16(20)21)9-13(14)17-15(18)10(2)3/h5-6,9-10,12,19H,4,7-8H2,1-3H3,(H,20,21). The van der Waals surface area contributed by atoms with E-state index in [-0.39, 0.29) is 17.6 Å². The van der Waals surface area contributed by atoms with Crippen LogP contribution in [0.4, 0.5) is 0 Å². The van der Waals surface area contributed by atoms with E-state index in [9.17, 15) is 9.90 Å². The Kier molecular flexibility index (Phi) is 4.63. The van der Waals surface area contributed by atoms with Crippen LogP contribution in [0.25, 0.3) is 11.0 Å². The molecule has 0 radical (unpaired) electrons. The number of fused-ring (bicyclic) bond motifs is 1. The zero-order valence-electron chi connectivity index (χ0n) is 12.7. The summed E-state index contributed by atoms with van der Waals surface area (Å²) in [6.07, 6.45) is 1.08. The van der Waals surface area contributed by atoms with Crippen LogP contribution in [0.15, 0.2) is 18.2 Å². The van der Waals surface area contributed by atoms with Crippen molar-refractivity contribution in [3.05, 3.63) is 29.6 Å². The van der Waals surface area contributed by atoms with E-state index in [0.717, 1.165) is 17.8 Å². The fourth-order valence-corrected chi connectivity index (χ4v) is 2.44. The van der Waals surface area contributed by atoms with E-state index in [0.29, 0.717) is 18.5 Å². The smallest absolute Gasteiger partial charge is 0.335 e. The first kappa shape index (κ1) is 15.5. The molecule has 1 heterocycles. The van der Waals surface area contributed by atoms with E-state index in [1.165, 1.54) is 0 Å². The molecular formula is C16H22N2O3. The normalized spacial score (nSPS) is 13.0. The maximum atomic E-state index is 11.1. The highest BCUT2D eigenvalue weighted by molar-refractivity contribution is 5.92.